The fourth-order valence-corrected chi connectivity index (χ4v) is 5.43. The Morgan fingerprint density at radius 2 is 1.90 bits per heavy atom. The molecule has 0 saturated heterocycles. The van der Waals surface area contributed by atoms with Gasteiger partial charge in [-0.15, -0.1) is 0 Å². The molecule has 0 saturated carbocycles. The number of fused-ring (bicyclic) bond motifs is 3. The van der Waals surface area contributed by atoms with Gasteiger partial charge in [0.1, 0.15) is 0 Å². The summed E-state index contributed by atoms with van der Waals surface area (Å²) < 4.78 is 28.4. The normalized spacial score (nSPS) is 16.4. The van der Waals surface area contributed by atoms with E-state index in [0.29, 0.717) is 16.6 Å². The van der Waals surface area contributed by atoms with E-state index >= 15 is 0 Å². The van der Waals surface area contributed by atoms with Crippen molar-refractivity contribution in [3.8, 4) is 0 Å². The number of carbonyl (C=O) groups excluding carboxylic acids is 1. The largest absolute Gasteiger partial charge is 0.280 e. The third-order valence-electron chi connectivity index (χ3n) is 5.21. The van der Waals surface area contributed by atoms with E-state index in [4.69, 9.17) is 10.4 Å². The molecule has 2 aromatic carbocycles. The Morgan fingerprint density at radius 1 is 1.20 bits per heavy atom. The number of benzene rings is 2. The molecular weight excluding hydrogens is 406 g/mol. The molecule has 1 aromatic heterocycles. The standard InChI is InChI=1S/C20H19N5O4S/c1-13-7-9-15(10-8-13)30(27,28)25-17-6-4-3-5-16(17)19-18(25)11-14(12-22-23-21)24(29-2)20(19)26/h3-10,14H,11-12H2,1-2H3. The Balaban J connectivity index is 2.00. The third-order valence-corrected chi connectivity index (χ3v) is 6.98. The molecule has 9 nitrogen and oxygen atoms in total. The molecule has 1 unspecified atom stereocenters. The highest BCUT2D eigenvalue weighted by molar-refractivity contribution is 7.90. The number of aryl methyl sites for hydroxylation is 1. The van der Waals surface area contributed by atoms with Crippen LogP contribution in [0.25, 0.3) is 21.3 Å². The first-order valence-corrected chi connectivity index (χ1v) is 10.7. The number of rotatable bonds is 5. The van der Waals surface area contributed by atoms with Crippen LogP contribution in [0.15, 0.2) is 58.5 Å². The van der Waals surface area contributed by atoms with Crippen LogP contribution in [-0.4, -0.2) is 43.1 Å². The van der Waals surface area contributed by atoms with Crippen LogP contribution >= 0.6 is 0 Å². The van der Waals surface area contributed by atoms with Crippen molar-refractivity contribution in [3.05, 3.63) is 75.8 Å². The van der Waals surface area contributed by atoms with E-state index in [0.717, 1.165) is 10.6 Å². The lowest BCUT2D eigenvalue weighted by atomic mass is 9.99. The van der Waals surface area contributed by atoms with Gasteiger partial charge in [-0.05, 0) is 30.7 Å². The van der Waals surface area contributed by atoms with E-state index in [1.165, 1.54) is 11.1 Å². The number of carbonyl (C=O) groups is 1. The van der Waals surface area contributed by atoms with Gasteiger partial charge in [-0.25, -0.2) is 17.5 Å². The molecule has 1 aliphatic heterocycles. The molecule has 1 aliphatic rings. The maximum absolute atomic E-state index is 13.6. The van der Waals surface area contributed by atoms with Crippen LogP contribution in [0.2, 0.25) is 0 Å². The van der Waals surface area contributed by atoms with Crippen LogP contribution in [0.5, 0.6) is 0 Å². The minimum Gasteiger partial charge on any atom is -0.274 e. The predicted molar refractivity (Wildman–Crippen MR) is 110 cm³/mol. The first-order chi connectivity index (χ1) is 14.4. The highest BCUT2D eigenvalue weighted by Gasteiger charge is 2.39. The Bertz CT molecular complexity index is 1290. The summed E-state index contributed by atoms with van der Waals surface area (Å²) in [5.41, 5.74) is 10.7. The second-order valence-electron chi connectivity index (χ2n) is 7.01. The number of hydroxylamine groups is 2. The van der Waals surface area contributed by atoms with Crippen molar-refractivity contribution >= 4 is 26.8 Å². The van der Waals surface area contributed by atoms with Crippen molar-refractivity contribution in [2.24, 2.45) is 5.11 Å². The molecule has 0 N–H and O–H groups in total. The summed E-state index contributed by atoms with van der Waals surface area (Å²) in [6, 6.07) is 12.8. The molecule has 1 atom stereocenters. The highest BCUT2D eigenvalue weighted by Crippen LogP contribution is 2.35. The van der Waals surface area contributed by atoms with Gasteiger partial charge in [-0.2, -0.15) is 0 Å². The molecule has 0 bridgehead atoms. The van der Waals surface area contributed by atoms with Crippen LogP contribution in [0.4, 0.5) is 0 Å². The topological polar surface area (TPSA) is 117 Å². The van der Waals surface area contributed by atoms with Crippen molar-refractivity contribution in [2.75, 3.05) is 13.7 Å². The van der Waals surface area contributed by atoms with E-state index in [1.54, 1.807) is 48.5 Å². The zero-order valence-corrected chi connectivity index (χ0v) is 17.2. The summed E-state index contributed by atoms with van der Waals surface area (Å²) in [7, 11) is -2.61. The minimum absolute atomic E-state index is 0.0401. The lowest BCUT2D eigenvalue weighted by Gasteiger charge is -2.33. The van der Waals surface area contributed by atoms with Gasteiger partial charge in [-0.3, -0.25) is 9.63 Å². The second kappa shape index (κ2) is 7.49. The van der Waals surface area contributed by atoms with E-state index < -0.39 is 22.0 Å². The molecule has 0 spiro atoms. The second-order valence-corrected chi connectivity index (χ2v) is 8.79. The van der Waals surface area contributed by atoms with E-state index in [2.05, 4.69) is 10.0 Å². The van der Waals surface area contributed by atoms with Crippen LogP contribution in [0, 0.1) is 6.92 Å². The number of amides is 1. The number of para-hydroxylation sites is 1. The highest BCUT2D eigenvalue weighted by atomic mass is 32.2. The Morgan fingerprint density at radius 3 is 2.57 bits per heavy atom. The molecule has 0 aliphatic carbocycles. The number of hydrogen-bond donors (Lipinski definition) is 0. The van der Waals surface area contributed by atoms with Crippen LogP contribution in [-0.2, 0) is 21.3 Å². The van der Waals surface area contributed by atoms with Crippen molar-refractivity contribution in [1.82, 2.24) is 9.04 Å². The van der Waals surface area contributed by atoms with E-state index in [-0.39, 0.29) is 23.4 Å². The first-order valence-electron chi connectivity index (χ1n) is 9.23. The number of aromatic nitrogens is 1. The van der Waals surface area contributed by atoms with Gasteiger partial charge in [0.05, 0.1) is 34.8 Å². The molecule has 3 aromatic rings. The molecule has 0 fully saturated rings. The lowest BCUT2D eigenvalue weighted by Crippen LogP contribution is -2.47. The minimum atomic E-state index is -3.97. The summed E-state index contributed by atoms with van der Waals surface area (Å²) in [5.74, 6) is -0.467. The lowest BCUT2D eigenvalue weighted by molar-refractivity contribution is -0.123. The molecule has 2 heterocycles. The van der Waals surface area contributed by atoms with Crippen LogP contribution in [0.3, 0.4) is 0 Å². The number of nitrogens with zero attached hydrogens (tertiary/aromatic N) is 5. The summed E-state index contributed by atoms with van der Waals surface area (Å²) >= 11 is 0. The zero-order valence-electron chi connectivity index (χ0n) is 16.4. The Kier molecular flexibility index (Phi) is 4.98. The number of hydrogen-bond acceptors (Lipinski definition) is 5. The third kappa shape index (κ3) is 3.02. The maximum atomic E-state index is 13.6. The average molecular weight is 425 g/mol. The molecule has 1 amide bonds. The molecular formula is C20H19N5O4S. The van der Waals surface area contributed by atoms with Gasteiger partial charge in [0.25, 0.3) is 15.9 Å². The molecule has 0 radical (unpaired) electrons. The van der Waals surface area contributed by atoms with Gasteiger partial charge in [-0.1, -0.05) is 41.0 Å². The Hall–Kier alpha value is -3.33. The van der Waals surface area contributed by atoms with Gasteiger partial charge >= 0.3 is 0 Å². The van der Waals surface area contributed by atoms with E-state index in [9.17, 15) is 13.2 Å². The van der Waals surface area contributed by atoms with Crippen molar-refractivity contribution in [3.63, 3.8) is 0 Å². The monoisotopic (exact) mass is 425 g/mol. The summed E-state index contributed by atoms with van der Waals surface area (Å²) in [6.07, 6.45) is 0.160. The summed E-state index contributed by atoms with van der Waals surface area (Å²) in [6.45, 7) is 1.84. The predicted octanol–water partition coefficient (Wildman–Crippen LogP) is 3.43. The molecule has 10 heteroatoms. The Labute approximate surface area is 173 Å². The van der Waals surface area contributed by atoms with Gasteiger partial charge in [0, 0.05) is 23.3 Å². The van der Waals surface area contributed by atoms with Crippen LogP contribution < -0.4 is 0 Å². The summed E-state index contributed by atoms with van der Waals surface area (Å²) in [4.78, 5) is 21.4. The molecule has 30 heavy (non-hydrogen) atoms. The van der Waals surface area contributed by atoms with Crippen molar-refractivity contribution < 1.29 is 18.0 Å². The summed E-state index contributed by atoms with van der Waals surface area (Å²) in [5, 5.41) is 5.23. The zero-order chi connectivity index (χ0) is 21.5. The maximum Gasteiger partial charge on any atom is 0.280 e. The fraction of sp³-hybridized carbons (Fsp3) is 0.250. The first kappa shape index (κ1) is 20.0. The average Bonchev–Trinajstić information content (AvgIpc) is 3.07. The quantitative estimate of drug-likeness (QED) is 0.353. The SMILES string of the molecule is CON1C(=O)c2c(n(S(=O)(=O)c3ccc(C)cc3)c3ccccc23)CC1CN=[N+]=[N-]. The number of azide groups is 1. The fourth-order valence-electron chi connectivity index (χ4n) is 3.86. The van der Waals surface area contributed by atoms with Gasteiger partial charge in [0.2, 0.25) is 0 Å². The molecule has 154 valence electrons. The van der Waals surface area contributed by atoms with E-state index in [1.807, 2.05) is 6.92 Å². The van der Waals surface area contributed by atoms with Gasteiger partial charge in [0.15, 0.2) is 0 Å². The van der Waals surface area contributed by atoms with Crippen LogP contribution in [0.1, 0.15) is 21.6 Å². The van der Waals surface area contributed by atoms with Crippen molar-refractivity contribution in [2.45, 2.75) is 24.3 Å². The smallest absolute Gasteiger partial charge is 0.274 e. The molecule has 4 rings (SSSR count). The van der Waals surface area contributed by atoms with Crippen molar-refractivity contribution in [1.29, 1.82) is 0 Å². The van der Waals surface area contributed by atoms with Gasteiger partial charge < -0.3 is 0 Å².